The number of allylic oxidation sites excluding steroid dienone is 4. The van der Waals surface area contributed by atoms with Gasteiger partial charge in [-0.3, -0.25) is 28.8 Å². The van der Waals surface area contributed by atoms with Crippen LogP contribution in [0.3, 0.4) is 0 Å². The molecule has 0 aromatic heterocycles. The Morgan fingerprint density at radius 1 is 0.671 bits per heavy atom. The van der Waals surface area contributed by atoms with E-state index in [4.69, 9.17) is 14.2 Å². The summed E-state index contributed by atoms with van der Waals surface area (Å²) in [5, 5.41) is 21.5. The number of benzene rings is 2. The zero-order valence-electron chi connectivity index (χ0n) is 43.6. The fourth-order valence-electron chi connectivity index (χ4n) is 9.50. The molecule has 73 heavy (non-hydrogen) atoms. The summed E-state index contributed by atoms with van der Waals surface area (Å²) >= 11 is 0. The molecule has 3 amide bonds. The van der Waals surface area contributed by atoms with Gasteiger partial charge in [-0.2, -0.15) is 0 Å². The largest absolute Gasteiger partial charge is 0.480 e. The molecule has 0 saturated heterocycles. The van der Waals surface area contributed by atoms with Gasteiger partial charge in [-0.05, 0) is 77.3 Å². The molecule has 5 N–H and O–H groups in total. The summed E-state index contributed by atoms with van der Waals surface area (Å²) in [5.41, 5.74) is 4.17. The van der Waals surface area contributed by atoms with Crippen LogP contribution >= 0.6 is 0 Å². The maximum Gasteiger partial charge on any atom is 0.407 e. The van der Waals surface area contributed by atoms with Crippen molar-refractivity contribution >= 4 is 47.0 Å². The molecular formula is C56H77N5O12. The first kappa shape index (κ1) is 58.0. The highest BCUT2D eigenvalue weighted by Gasteiger charge is 2.37. The summed E-state index contributed by atoms with van der Waals surface area (Å²) in [7, 11) is 0. The number of aliphatic carboxylic acids is 1. The molecule has 0 radical (unpaired) electrons. The van der Waals surface area contributed by atoms with Crippen LogP contribution in [0.15, 0.2) is 71.8 Å². The molecule has 0 bridgehead atoms. The van der Waals surface area contributed by atoms with Crippen LogP contribution in [-0.4, -0.2) is 142 Å². The number of nitrogens with zero attached hydrogens (tertiary/aromatic N) is 1. The van der Waals surface area contributed by atoms with E-state index in [0.717, 1.165) is 22.3 Å². The summed E-state index contributed by atoms with van der Waals surface area (Å²) in [6, 6.07) is 14.4. The van der Waals surface area contributed by atoms with Crippen LogP contribution in [0.5, 0.6) is 0 Å². The smallest absolute Gasteiger partial charge is 0.407 e. The van der Waals surface area contributed by atoms with E-state index in [-0.39, 0.29) is 110 Å². The van der Waals surface area contributed by atoms with Crippen molar-refractivity contribution in [3.8, 4) is 11.1 Å². The lowest BCUT2D eigenvalue weighted by atomic mass is 9.73. The monoisotopic (exact) mass is 1010 g/mol. The van der Waals surface area contributed by atoms with Crippen molar-refractivity contribution in [2.75, 3.05) is 78.8 Å². The lowest BCUT2D eigenvalue weighted by Gasteiger charge is -2.28. The number of amides is 3. The van der Waals surface area contributed by atoms with Gasteiger partial charge in [-0.25, -0.2) is 9.59 Å². The van der Waals surface area contributed by atoms with Gasteiger partial charge in [0.15, 0.2) is 23.1 Å². The molecule has 0 spiro atoms. The van der Waals surface area contributed by atoms with Crippen molar-refractivity contribution in [1.29, 1.82) is 0 Å². The Hall–Kier alpha value is -5.88. The molecule has 0 heterocycles. The Kier molecular flexibility index (Phi) is 22.2. The molecule has 17 heteroatoms. The summed E-state index contributed by atoms with van der Waals surface area (Å²) < 4.78 is 16.7. The van der Waals surface area contributed by atoms with E-state index in [1.54, 1.807) is 17.1 Å². The Bertz CT molecular complexity index is 2190. The number of carboxylic acids is 1. The van der Waals surface area contributed by atoms with E-state index >= 15 is 0 Å². The molecule has 3 aliphatic carbocycles. The zero-order chi connectivity index (χ0) is 53.1. The molecule has 0 unspecified atom stereocenters. The van der Waals surface area contributed by atoms with Crippen molar-refractivity contribution in [1.82, 2.24) is 26.2 Å². The topological polar surface area (TPSA) is 236 Å². The minimum atomic E-state index is -1.33. The molecule has 0 aliphatic heterocycles. The Balaban J connectivity index is 0.975. The first-order valence-corrected chi connectivity index (χ1v) is 25.8. The summed E-state index contributed by atoms with van der Waals surface area (Å²) in [5.74, 6) is -2.49. The van der Waals surface area contributed by atoms with E-state index < -0.39 is 24.0 Å². The lowest BCUT2D eigenvalue weighted by molar-refractivity contribution is -0.140. The molecule has 3 aliphatic rings. The third kappa shape index (κ3) is 18.5. The molecule has 2 fully saturated rings. The molecule has 2 aromatic carbocycles. The molecule has 3 atom stereocenters. The van der Waals surface area contributed by atoms with Crippen LogP contribution in [0.4, 0.5) is 4.79 Å². The van der Waals surface area contributed by atoms with Crippen LogP contribution in [0.1, 0.15) is 110 Å². The molecule has 2 aromatic rings. The van der Waals surface area contributed by atoms with Crippen LogP contribution in [0.2, 0.25) is 0 Å². The molecular weight excluding hydrogens is 935 g/mol. The van der Waals surface area contributed by atoms with Gasteiger partial charge in [-0.15, -0.1) is 0 Å². The minimum absolute atomic E-state index is 0.00891. The number of fused-ring (bicyclic) bond motifs is 3. The summed E-state index contributed by atoms with van der Waals surface area (Å²) in [4.78, 5) is 103. The van der Waals surface area contributed by atoms with Gasteiger partial charge in [0.05, 0.1) is 31.0 Å². The second kappa shape index (κ2) is 28.0. The number of carbonyl (C=O) groups is 8. The van der Waals surface area contributed by atoms with Gasteiger partial charge in [0, 0.05) is 70.7 Å². The average Bonchev–Trinajstić information content (AvgIpc) is 3.64. The normalized spacial score (nSPS) is 17.3. The van der Waals surface area contributed by atoms with Crippen LogP contribution < -0.4 is 21.3 Å². The first-order valence-electron chi connectivity index (χ1n) is 25.8. The highest BCUT2D eigenvalue weighted by Crippen LogP contribution is 2.44. The number of Topliss-reactive ketones (excluding diaryl/α,β-unsaturated/α-hetero) is 4. The van der Waals surface area contributed by atoms with Gasteiger partial charge in [0.2, 0.25) is 11.8 Å². The second-order valence-electron chi connectivity index (χ2n) is 21.2. The fourth-order valence-corrected chi connectivity index (χ4v) is 9.50. The molecule has 5 rings (SSSR count). The lowest BCUT2D eigenvalue weighted by Crippen LogP contribution is -2.43. The molecule has 398 valence electrons. The van der Waals surface area contributed by atoms with Crippen molar-refractivity contribution in [3.05, 3.63) is 83.0 Å². The van der Waals surface area contributed by atoms with Gasteiger partial charge >= 0.3 is 12.1 Å². The van der Waals surface area contributed by atoms with Crippen molar-refractivity contribution in [2.24, 2.45) is 22.7 Å². The number of nitrogens with one attached hydrogen (secondary N) is 4. The number of alkyl carbamates (subject to hydrolysis) is 1. The molecule has 2 saturated carbocycles. The third-order valence-electron chi connectivity index (χ3n) is 13.4. The number of carbonyl (C=O) groups excluding carboxylic acids is 7. The first-order chi connectivity index (χ1) is 34.7. The van der Waals surface area contributed by atoms with Crippen molar-refractivity contribution < 1.29 is 57.7 Å². The van der Waals surface area contributed by atoms with Gasteiger partial charge in [0.1, 0.15) is 19.3 Å². The van der Waals surface area contributed by atoms with E-state index in [1.807, 2.05) is 90.1 Å². The van der Waals surface area contributed by atoms with Crippen LogP contribution in [0.25, 0.3) is 11.1 Å². The highest BCUT2D eigenvalue weighted by atomic mass is 16.5. The van der Waals surface area contributed by atoms with E-state index in [2.05, 4.69) is 21.3 Å². The second-order valence-corrected chi connectivity index (χ2v) is 21.2. The minimum Gasteiger partial charge on any atom is -0.480 e. The average molecular weight is 1010 g/mol. The van der Waals surface area contributed by atoms with Gasteiger partial charge < -0.3 is 45.5 Å². The number of hydrogen-bond acceptors (Lipinski definition) is 13. The number of ether oxygens (including phenoxy) is 3. The van der Waals surface area contributed by atoms with E-state index in [9.17, 15) is 43.5 Å². The van der Waals surface area contributed by atoms with Gasteiger partial charge in [0.25, 0.3) is 0 Å². The van der Waals surface area contributed by atoms with Gasteiger partial charge in [-0.1, -0.05) is 102 Å². The maximum absolute atomic E-state index is 13.4. The van der Waals surface area contributed by atoms with Crippen molar-refractivity contribution in [2.45, 2.75) is 105 Å². The SMILES string of the molecule is C[C@H](C=C1C(=O)CC(C)(C)CC1=O)CCNCCN(CCNCC[C@H](C)C=C1C(=O)CC(C)(C)CC1=O)C(=O)COCCOCCNC(=O)CC[C@@H](NC(=O)OCC1c2ccccc2-c2ccccc21)C(=O)O. The van der Waals surface area contributed by atoms with Crippen LogP contribution in [0, 0.1) is 22.7 Å². The summed E-state index contributed by atoms with van der Waals surface area (Å²) in [6.45, 7) is 15.2. The number of hydrogen-bond donors (Lipinski definition) is 5. The standard InChI is InChI=1S/C56H77N5O12/c1-37(29-43-47(62)31-55(3,4)32-48(43)63)17-19-57-21-24-61(25-22-58-20-18-38(2)30-44-49(64)33-56(5,6)34-50(44)65)52(67)36-72-28-27-71-26-23-59-51(66)16-15-46(53(68)69)60-54(70)73-35-45-41-13-9-7-11-39(41)40-12-8-10-14-42(40)45/h7-14,29-30,37-38,45-46,57-58H,15-28,31-36H2,1-6H3,(H,59,66)(H,60,70)(H,68,69)/t37-,38-,46+/m0/s1. The third-order valence-corrected chi connectivity index (χ3v) is 13.4. The van der Waals surface area contributed by atoms with E-state index in [1.165, 1.54) is 0 Å². The molecule has 17 nitrogen and oxygen atoms in total. The quantitative estimate of drug-likeness (QED) is 0.0372. The van der Waals surface area contributed by atoms with Crippen LogP contribution in [-0.2, 0) is 47.8 Å². The predicted octanol–water partition coefficient (Wildman–Crippen LogP) is 5.74. The highest BCUT2D eigenvalue weighted by molar-refractivity contribution is 6.22. The number of carboxylic acid groups (broad SMARTS) is 1. The Morgan fingerprint density at radius 2 is 1.15 bits per heavy atom. The number of ketones is 4. The summed E-state index contributed by atoms with van der Waals surface area (Å²) in [6.07, 6.45) is 5.23. The van der Waals surface area contributed by atoms with E-state index in [0.29, 0.717) is 88.9 Å². The fraction of sp³-hybridized carbons (Fsp3) is 0.571. The zero-order valence-corrected chi connectivity index (χ0v) is 43.6. The Labute approximate surface area is 430 Å². The van der Waals surface area contributed by atoms with Crippen molar-refractivity contribution in [3.63, 3.8) is 0 Å². The maximum atomic E-state index is 13.4. The predicted molar refractivity (Wildman–Crippen MR) is 276 cm³/mol. The Morgan fingerprint density at radius 3 is 1.64 bits per heavy atom. The number of rotatable bonds is 29.